The third-order valence-corrected chi connectivity index (χ3v) is 12.5. The molecule has 392 valence electrons. The number of fused-ring (bicyclic) bond motifs is 2. The molecule has 0 saturated heterocycles. The van der Waals surface area contributed by atoms with Gasteiger partial charge in [0, 0.05) is 60.0 Å². The number of nitrogens with one attached hydrogen (secondary N) is 1. The third kappa shape index (κ3) is 12.1. The number of anilines is 5. The lowest BCUT2D eigenvalue weighted by molar-refractivity contribution is -0.139. The molecule has 2 unspecified atom stereocenters. The molecule has 2 atom stereocenters. The number of rotatable bonds is 8. The number of imidazole rings is 2. The molecule has 2 aliphatic rings. The number of methoxy groups -OCH3 is 2. The van der Waals surface area contributed by atoms with Crippen molar-refractivity contribution in [3.05, 3.63) is 159 Å². The monoisotopic (exact) mass is 1100 g/mol. The summed E-state index contributed by atoms with van der Waals surface area (Å²) in [6, 6.07) is 17.0. The number of likely N-dealkylation sites (N-methyl/N-ethyl adjacent to an activating group) is 2. The molecule has 6 heterocycles. The average Bonchev–Trinajstić information content (AvgIpc) is 4.02. The zero-order valence-electron chi connectivity index (χ0n) is 40.5. The zero-order chi connectivity index (χ0) is 53.9. The standard InChI is InChI=1S/C25H22ClF3N6O2.C14H10Cl2F3N3O.C11H13N3O/c1-14-11-35(13-31-14)19-7-5-16(9-21(19)36-3)32-24-30-10-22-23(33-24)34(2)20(12-37-22)17-6-4-15(26)8-18(17)25(27,28)29;1-22-10(6-23-11-5-20-13(16)21-12(11)22)8-3-2-7(15)4-9(8)14(17,18)19;1-8-6-14(7-13-8)10-4-3-9(12)5-11(10)15-2/h4-11,13,20H,12H2,1-3H3,(H,30,32,33);2-5,10H,6H2,1H3;3-7H,12H2,1-2H3. The van der Waals surface area contributed by atoms with Crippen LogP contribution >= 0.6 is 34.8 Å². The maximum atomic E-state index is 13.7. The van der Waals surface area contributed by atoms with Crippen molar-refractivity contribution < 1.29 is 45.3 Å². The van der Waals surface area contributed by atoms with Gasteiger partial charge in [-0.15, -0.1) is 0 Å². The quantitative estimate of drug-likeness (QED) is 0.0837. The van der Waals surface area contributed by atoms with Gasteiger partial charge >= 0.3 is 12.4 Å². The van der Waals surface area contributed by atoms with Gasteiger partial charge in [-0.2, -0.15) is 36.3 Å². The summed E-state index contributed by atoms with van der Waals surface area (Å²) in [6.45, 7) is 3.87. The molecule has 4 aromatic carbocycles. The Kier molecular flexibility index (Phi) is 15.7. The van der Waals surface area contributed by atoms with Gasteiger partial charge in [-0.25, -0.2) is 19.9 Å². The van der Waals surface area contributed by atoms with E-state index in [4.69, 9.17) is 59.5 Å². The summed E-state index contributed by atoms with van der Waals surface area (Å²) in [6.07, 6.45) is 1.06. The highest BCUT2D eigenvalue weighted by Gasteiger charge is 2.40. The molecule has 75 heavy (non-hydrogen) atoms. The van der Waals surface area contributed by atoms with Crippen LogP contribution in [0.5, 0.6) is 23.0 Å². The van der Waals surface area contributed by atoms with E-state index in [2.05, 4.69) is 35.2 Å². The van der Waals surface area contributed by atoms with Crippen molar-refractivity contribution in [1.82, 2.24) is 39.0 Å². The number of nitrogens with zero attached hydrogens (tertiary/aromatic N) is 10. The molecule has 0 spiro atoms. The first-order chi connectivity index (χ1) is 35.6. The summed E-state index contributed by atoms with van der Waals surface area (Å²) in [5.41, 5.74) is 9.11. The summed E-state index contributed by atoms with van der Waals surface area (Å²) in [5, 5.41) is 3.14. The summed E-state index contributed by atoms with van der Waals surface area (Å²) < 4.78 is 107. The van der Waals surface area contributed by atoms with E-state index in [-0.39, 0.29) is 45.6 Å². The predicted octanol–water partition coefficient (Wildman–Crippen LogP) is 12.1. The summed E-state index contributed by atoms with van der Waals surface area (Å²) in [5.74, 6) is 3.02. The van der Waals surface area contributed by atoms with E-state index in [1.54, 1.807) is 62.9 Å². The van der Waals surface area contributed by atoms with Crippen LogP contribution in [0.2, 0.25) is 15.3 Å². The number of ether oxygens (including phenoxy) is 4. The lowest BCUT2D eigenvalue weighted by Crippen LogP contribution is -2.35. The van der Waals surface area contributed by atoms with Gasteiger partial charge in [0.05, 0.1) is 85.2 Å². The Morgan fingerprint density at radius 3 is 1.59 bits per heavy atom. The lowest BCUT2D eigenvalue weighted by atomic mass is 9.98. The van der Waals surface area contributed by atoms with Crippen LogP contribution in [0.1, 0.15) is 45.7 Å². The fraction of sp³-hybridized carbons (Fsp3) is 0.240. The highest BCUT2D eigenvalue weighted by molar-refractivity contribution is 6.31. The zero-order valence-corrected chi connectivity index (χ0v) is 42.8. The molecule has 4 aromatic heterocycles. The number of alkyl halides is 6. The van der Waals surface area contributed by atoms with E-state index in [1.807, 2.05) is 59.6 Å². The van der Waals surface area contributed by atoms with E-state index >= 15 is 0 Å². The van der Waals surface area contributed by atoms with Gasteiger partial charge in [-0.05, 0) is 85.1 Å². The van der Waals surface area contributed by atoms with Crippen LogP contribution in [0, 0.1) is 13.8 Å². The number of nitrogen functional groups attached to an aromatic ring is 1. The van der Waals surface area contributed by atoms with Crippen molar-refractivity contribution in [1.29, 1.82) is 0 Å². The fourth-order valence-electron chi connectivity index (χ4n) is 8.17. The Morgan fingerprint density at radius 1 is 0.627 bits per heavy atom. The van der Waals surface area contributed by atoms with E-state index in [0.717, 1.165) is 40.6 Å². The molecular formula is C50H45Cl3F6N12O4. The van der Waals surface area contributed by atoms with Crippen LogP contribution in [-0.2, 0) is 12.4 Å². The van der Waals surface area contributed by atoms with E-state index < -0.39 is 35.6 Å². The molecule has 0 bridgehead atoms. The largest absolute Gasteiger partial charge is 0.494 e. The molecule has 0 aliphatic carbocycles. The number of aromatic nitrogens is 8. The number of aryl methyl sites for hydroxylation is 2. The molecule has 3 N–H and O–H groups in total. The second kappa shape index (κ2) is 22.0. The van der Waals surface area contributed by atoms with Crippen molar-refractivity contribution in [3.8, 4) is 34.4 Å². The van der Waals surface area contributed by atoms with Crippen LogP contribution in [0.4, 0.5) is 55.3 Å². The van der Waals surface area contributed by atoms with E-state index in [0.29, 0.717) is 40.3 Å². The van der Waals surface area contributed by atoms with Crippen LogP contribution in [-0.4, -0.2) is 80.6 Å². The number of hydrogen-bond donors (Lipinski definition) is 2. The van der Waals surface area contributed by atoms with Crippen LogP contribution in [0.15, 0.2) is 110 Å². The van der Waals surface area contributed by atoms with Crippen LogP contribution in [0.3, 0.4) is 0 Å². The van der Waals surface area contributed by atoms with Gasteiger partial charge in [0.2, 0.25) is 11.2 Å². The second-order valence-electron chi connectivity index (χ2n) is 16.8. The van der Waals surface area contributed by atoms with Gasteiger partial charge < -0.3 is 48.9 Å². The fourth-order valence-corrected chi connectivity index (χ4v) is 8.64. The Bertz CT molecular complexity index is 3340. The summed E-state index contributed by atoms with van der Waals surface area (Å²) in [4.78, 5) is 28.3. The smallest absolute Gasteiger partial charge is 0.416 e. The normalized spacial score (nSPS) is 15.0. The molecule has 25 heteroatoms. The van der Waals surface area contributed by atoms with Gasteiger partial charge in [0.1, 0.15) is 24.7 Å². The third-order valence-electron chi connectivity index (χ3n) is 11.8. The molecule has 8 aromatic rings. The molecule has 16 nitrogen and oxygen atoms in total. The van der Waals surface area contributed by atoms with Gasteiger partial charge in [-0.3, -0.25) is 0 Å². The first-order valence-electron chi connectivity index (χ1n) is 22.4. The van der Waals surface area contributed by atoms with Crippen molar-refractivity contribution in [2.45, 2.75) is 38.3 Å². The highest BCUT2D eigenvalue weighted by Crippen LogP contribution is 2.44. The number of benzene rings is 4. The average molecular weight is 1100 g/mol. The van der Waals surface area contributed by atoms with E-state index in [1.165, 1.54) is 36.7 Å². The minimum atomic E-state index is -4.57. The molecule has 0 amide bonds. The number of halogens is 9. The maximum absolute atomic E-state index is 13.7. The van der Waals surface area contributed by atoms with Crippen LogP contribution in [0.25, 0.3) is 11.4 Å². The Hall–Kier alpha value is -7.69. The van der Waals surface area contributed by atoms with Crippen molar-refractivity contribution in [2.75, 3.05) is 62.4 Å². The van der Waals surface area contributed by atoms with Gasteiger partial charge in [0.25, 0.3) is 0 Å². The maximum Gasteiger partial charge on any atom is 0.416 e. The lowest BCUT2D eigenvalue weighted by Gasteiger charge is -2.36. The second-order valence-corrected chi connectivity index (χ2v) is 18.0. The number of nitrogens with two attached hydrogens (primary N) is 1. The molecule has 2 aliphatic heterocycles. The molecule has 0 fully saturated rings. The van der Waals surface area contributed by atoms with Crippen LogP contribution < -0.4 is 39.8 Å². The molecule has 10 rings (SSSR count). The summed E-state index contributed by atoms with van der Waals surface area (Å²) >= 11 is 17.3. The Morgan fingerprint density at radius 2 is 1.11 bits per heavy atom. The molecule has 0 saturated carbocycles. The minimum absolute atomic E-state index is 0.00324. The summed E-state index contributed by atoms with van der Waals surface area (Å²) in [7, 11) is 6.49. The van der Waals surface area contributed by atoms with Crippen molar-refractivity contribution in [3.63, 3.8) is 0 Å². The topological polar surface area (TPSA) is 169 Å². The predicted molar refractivity (Wildman–Crippen MR) is 273 cm³/mol. The van der Waals surface area contributed by atoms with E-state index in [9.17, 15) is 26.3 Å². The van der Waals surface area contributed by atoms with Gasteiger partial charge in [0.15, 0.2) is 23.1 Å². The van der Waals surface area contributed by atoms with Crippen molar-refractivity contribution >= 4 is 63.8 Å². The molecule has 0 radical (unpaired) electrons. The first-order valence-corrected chi connectivity index (χ1v) is 23.5. The van der Waals surface area contributed by atoms with Crippen molar-refractivity contribution in [2.24, 2.45) is 0 Å². The Balaban J connectivity index is 0.000000166. The number of hydrogen-bond acceptors (Lipinski definition) is 14. The molecular weight excluding hydrogens is 1050 g/mol. The SMILES string of the molecule is CN1c2nc(Cl)ncc2OCC1c1ccc(Cl)cc1C(F)(F)F.COc1cc(N)ccc1-n1cnc(C)c1.COc1cc(Nc2ncc3c(n2)N(C)C(c2ccc(Cl)cc2C(F)(F)F)CO3)ccc1-n1cnc(C)c1. The minimum Gasteiger partial charge on any atom is -0.494 e. The highest BCUT2D eigenvalue weighted by atomic mass is 35.5. The first kappa shape index (κ1) is 53.6. The van der Waals surface area contributed by atoms with Gasteiger partial charge in [-0.1, -0.05) is 35.3 Å². The Labute approximate surface area is 440 Å².